The predicted octanol–water partition coefficient (Wildman–Crippen LogP) is 2.45. The minimum atomic E-state index is -0.565. The van der Waals surface area contributed by atoms with Crippen LogP contribution in [0.3, 0.4) is 0 Å². The van der Waals surface area contributed by atoms with Crippen LogP contribution in [0.15, 0.2) is 24.3 Å². The van der Waals surface area contributed by atoms with Gasteiger partial charge in [-0.3, -0.25) is 9.59 Å². The van der Waals surface area contributed by atoms with E-state index in [0.29, 0.717) is 25.3 Å². The Morgan fingerprint density at radius 1 is 1.30 bits per heavy atom. The number of nitrogens with one attached hydrogen (secondary N) is 2. The van der Waals surface area contributed by atoms with Crippen molar-refractivity contribution in [3.63, 3.8) is 0 Å². The van der Waals surface area contributed by atoms with Crippen molar-refractivity contribution in [2.45, 2.75) is 52.2 Å². The van der Waals surface area contributed by atoms with Gasteiger partial charge in [0.2, 0.25) is 5.91 Å². The maximum Gasteiger partial charge on any atom is 0.252 e. The predicted molar refractivity (Wildman–Crippen MR) is 105 cm³/mol. The first-order valence-corrected chi connectivity index (χ1v) is 9.82. The molecule has 0 bridgehead atoms. The van der Waals surface area contributed by atoms with Gasteiger partial charge in [0.1, 0.15) is 6.04 Å². The number of aryl methyl sites for hydroxylation is 1. The van der Waals surface area contributed by atoms with E-state index in [-0.39, 0.29) is 23.8 Å². The zero-order valence-electron chi connectivity index (χ0n) is 16.6. The molecule has 0 aromatic heterocycles. The number of carbonyl (C=O) groups excluding carboxylic acids is 2. The van der Waals surface area contributed by atoms with E-state index in [4.69, 9.17) is 9.47 Å². The lowest BCUT2D eigenvalue weighted by Gasteiger charge is -2.22. The average Bonchev–Trinajstić information content (AvgIpc) is 3.15. The molecule has 1 aromatic rings. The Balaban J connectivity index is 1.72. The van der Waals surface area contributed by atoms with Crippen molar-refractivity contribution >= 4 is 11.8 Å². The second-order valence-electron chi connectivity index (χ2n) is 7.36. The first kappa shape index (κ1) is 21.4. The Morgan fingerprint density at radius 3 is 2.74 bits per heavy atom. The minimum absolute atomic E-state index is 0.00580. The second kappa shape index (κ2) is 11.0. The van der Waals surface area contributed by atoms with Crippen LogP contribution in [0.5, 0.6) is 0 Å². The molecule has 6 heteroatoms. The fourth-order valence-electron chi connectivity index (χ4n) is 3.07. The highest BCUT2D eigenvalue weighted by Crippen LogP contribution is 2.12. The van der Waals surface area contributed by atoms with Gasteiger partial charge in [0, 0.05) is 25.3 Å². The van der Waals surface area contributed by atoms with Gasteiger partial charge in [0.15, 0.2) is 0 Å². The van der Waals surface area contributed by atoms with E-state index < -0.39 is 6.04 Å². The summed E-state index contributed by atoms with van der Waals surface area (Å²) in [5.74, 6) is -0.387. The lowest BCUT2D eigenvalue weighted by atomic mass is 10.0. The molecule has 2 atom stereocenters. The molecule has 0 radical (unpaired) electrons. The summed E-state index contributed by atoms with van der Waals surface area (Å²) in [7, 11) is 0. The van der Waals surface area contributed by atoms with Crippen molar-refractivity contribution in [2.24, 2.45) is 5.92 Å². The van der Waals surface area contributed by atoms with Crippen LogP contribution in [0.4, 0.5) is 0 Å². The molecule has 1 aliphatic heterocycles. The van der Waals surface area contributed by atoms with Crippen LogP contribution >= 0.6 is 0 Å². The Morgan fingerprint density at radius 2 is 2.07 bits per heavy atom. The van der Waals surface area contributed by atoms with Crippen LogP contribution in [0.25, 0.3) is 0 Å². The summed E-state index contributed by atoms with van der Waals surface area (Å²) in [5.41, 5.74) is 1.49. The lowest BCUT2D eigenvalue weighted by molar-refractivity contribution is -0.124. The lowest BCUT2D eigenvalue weighted by Crippen LogP contribution is -2.50. The fraction of sp³-hybridized carbons (Fsp3) is 0.619. The summed E-state index contributed by atoms with van der Waals surface area (Å²) in [5, 5.41) is 5.76. The van der Waals surface area contributed by atoms with Crippen LogP contribution < -0.4 is 10.6 Å². The highest BCUT2D eigenvalue weighted by molar-refractivity contribution is 5.98. The summed E-state index contributed by atoms with van der Waals surface area (Å²) >= 11 is 0. The van der Waals surface area contributed by atoms with Crippen molar-refractivity contribution in [2.75, 3.05) is 26.4 Å². The first-order valence-electron chi connectivity index (χ1n) is 9.82. The van der Waals surface area contributed by atoms with Crippen molar-refractivity contribution in [1.82, 2.24) is 10.6 Å². The van der Waals surface area contributed by atoms with Crippen LogP contribution in [0, 0.1) is 12.8 Å². The third-order valence-corrected chi connectivity index (χ3v) is 4.72. The van der Waals surface area contributed by atoms with Gasteiger partial charge in [0.05, 0.1) is 12.7 Å². The normalized spacial score (nSPS) is 17.7. The molecule has 1 heterocycles. The number of carbonyl (C=O) groups is 2. The Bertz CT molecular complexity index is 612. The molecule has 6 nitrogen and oxygen atoms in total. The molecule has 2 N–H and O–H groups in total. The van der Waals surface area contributed by atoms with Gasteiger partial charge < -0.3 is 20.1 Å². The molecular weight excluding hydrogens is 344 g/mol. The van der Waals surface area contributed by atoms with Gasteiger partial charge in [-0.25, -0.2) is 0 Å². The highest BCUT2D eigenvalue weighted by Gasteiger charge is 2.24. The number of hydrogen-bond donors (Lipinski definition) is 2. The highest BCUT2D eigenvalue weighted by atomic mass is 16.5. The van der Waals surface area contributed by atoms with E-state index in [1.165, 1.54) is 0 Å². The molecule has 27 heavy (non-hydrogen) atoms. The van der Waals surface area contributed by atoms with Crippen LogP contribution in [-0.2, 0) is 14.3 Å². The van der Waals surface area contributed by atoms with E-state index in [1.54, 1.807) is 6.07 Å². The minimum Gasteiger partial charge on any atom is -0.379 e. The van der Waals surface area contributed by atoms with Gasteiger partial charge in [-0.1, -0.05) is 32.0 Å². The van der Waals surface area contributed by atoms with Gasteiger partial charge in [-0.2, -0.15) is 0 Å². The molecule has 2 unspecified atom stereocenters. The van der Waals surface area contributed by atoms with E-state index in [0.717, 1.165) is 31.4 Å². The van der Waals surface area contributed by atoms with Crippen molar-refractivity contribution in [1.29, 1.82) is 0 Å². The second-order valence-corrected chi connectivity index (χ2v) is 7.36. The molecule has 1 aromatic carbocycles. The van der Waals surface area contributed by atoms with Crippen molar-refractivity contribution < 1.29 is 19.1 Å². The van der Waals surface area contributed by atoms with Gasteiger partial charge >= 0.3 is 0 Å². The largest absolute Gasteiger partial charge is 0.379 e. The summed E-state index contributed by atoms with van der Waals surface area (Å²) in [6.07, 6.45) is 3.12. The van der Waals surface area contributed by atoms with Gasteiger partial charge in [0.25, 0.3) is 5.91 Å². The van der Waals surface area contributed by atoms with Crippen LogP contribution in [-0.4, -0.2) is 50.3 Å². The van der Waals surface area contributed by atoms with Crippen LogP contribution in [0.2, 0.25) is 0 Å². The molecular formula is C21H32N2O4. The SMILES string of the molecule is Cc1ccccc1C(=O)NC(C(=O)NCCCOCC1CCCO1)C(C)C. The van der Waals surface area contributed by atoms with E-state index in [1.807, 2.05) is 39.0 Å². The molecule has 0 spiro atoms. The quantitative estimate of drug-likeness (QED) is 0.615. The smallest absolute Gasteiger partial charge is 0.252 e. The van der Waals surface area contributed by atoms with Gasteiger partial charge in [-0.15, -0.1) is 0 Å². The van der Waals surface area contributed by atoms with E-state index >= 15 is 0 Å². The zero-order chi connectivity index (χ0) is 19.6. The number of benzene rings is 1. The number of hydrogen-bond acceptors (Lipinski definition) is 4. The maximum atomic E-state index is 12.5. The van der Waals surface area contributed by atoms with Gasteiger partial charge in [-0.05, 0) is 43.7 Å². The number of ether oxygens (including phenoxy) is 2. The maximum absolute atomic E-state index is 12.5. The molecule has 150 valence electrons. The van der Waals surface area contributed by atoms with Crippen LogP contribution in [0.1, 0.15) is 49.0 Å². The summed E-state index contributed by atoms with van der Waals surface area (Å²) < 4.78 is 11.1. The molecule has 1 fully saturated rings. The van der Waals surface area contributed by atoms with E-state index in [9.17, 15) is 9.59 Å². The molecule has 2 amide bonds. The topological polar surface area (TPSA) is 76.7 Å². The van der Waals surface area contributed by atoms with E-state index in [2.05, 4.69) is 10.6 Å². The van der Waals surface area contributed by atoms with Crippen molar-refractivity contribution in [3.8, 4) is 0 Å². The summed E-state index contributed by atoms with van der Waals surface area (Å²) in [4.78, 5) is 25.0. The molecule has 1 saturated heterocycles. The zero-order valence-corrected chi connectivity index (χ0v) is 16.6. The standard InChI is InChI=1S/C21H32N2O4/c1-15(2)19(23-20(24)18-10-5-4-8-16(18)3)21(25)22-11-7-12-26-14-17-9-6-13-27-17/h4-5,8,10,15,17,19H,6-7,9,11-14H2,1-3H3,(H,22,25)(H,23,24). The molecule has 2 rings (SSSR count). The number of amides is 2. The third kappa shape index (κ3) is 6.96. The number of rotatable bonds is 10. The Hall–Kier alpha value is -1.92. The first-order chi connectivity index (χ1) is 13.0. The molecule has 0 saturated carbocycles. The Kier molecular flexibility index (Phi) is 8.75. The fourth-order valence-corrected chi connectivity index (χ4v) is 3.07. The summed E-state index contributed by atoms with van der Waals surface area (Å²) in [6, 6.07) is 6.80. The Labute approximate surface area is 162 Å². The molecule has 1 aliphatic rings. The molecule has 0 aliphatic carbocycles. The third-order valence-electron chi connectivity index (χ3n) is 4.72. The monoisotopic (exact) mass is 376 g/mol. The average molecular weight is 376 g/mol. The summed E-state index contributed by atoms with van der Waals surface area (Å²) in [6.45, 7) is 8.29. The van der Waals surface area contributed by atoms with Crippen molar-refractivity contribution in [3.05, 3.63) is 35.4 Å².